The first kappa shape index (κ1) is 19.5. The van der Waals surface area contributed by atoms with Gasteiger partial charge in [-0.3, -0.25) is 14.4 Å². The van der Waals surface area contributed by atoms with E-state index in [0.717, 1.165) is 0 Å². The molecular weight excluding hydrogens is 344 g/mol. The second-order valence-electron chi connectivity index (χ2n) is 5.70. The van der Waals surface area contributed by atoms with E-state index in [-0.39, 0.29) is 19.6 Å². The Morgan fingerprint density at radius 2 is 2.08 bits per heavy atom. The van der Waals surface area contributed by atoms with Gasteiger partial charge in [0.05, 0.1) is 45.6 Å². The minimum atomic E-state index is -1.02. The average molecular weight is 366 g/mol. The van der Waals surface area contributed by atoms with Crippen molar-refractivity contribution in [2.45, 2.75) is 18.9 Å². The summed E-state index contributed by atoms with van der Waals surface area (Å²) in [5, 5.41) is 11.6. The zero-order valence-corrected chi connectivity index (χ0v) is 14.7. The second-order valence-corrected chi connectivity index (χ2v) is 5.70. The smallest absolute Gasteiger partial charge is 0.305 e. The quantitative estimate of drug-likeness (QED) is 0.684. The third kappa shape index (κ3) is 5.09. The largest absolute Gasteiger partial charge is 0.497 e. The van der Waals surface area contributed by atoms with Crippen molar-refractivity contribution in [3.63, 3.8) is 0 Å². The Hall–Kier alpha value is -2.81. The van der Waals surface area contributed by atoms with Crippen LogP contribution in [0.1, 0.15) is 12.8 Å². The number of anilines is 1. The lowest BCUT2D eigenvalue weighted by Crippen LogP contribution is -2.50. The number of benzene rings is 1. The minimum Gasteiger partial charge on any atom is -0.497 e. The summed E-state index contributed by atoms with van der Waals surface area (Å²) in [4.78, 5) is 37.0. The summed E-state index contributed by atoms with van der Waals surface area (Å²) in [5.41, 5.74) is 0.412. The van der Waals surface area contributed by atoms with E-state index >= 15 is 0 Å². The van der Waals surface area contributed by atoms with Crippen molar-refractivity contribution < 1.29 is 33.7 Å². The molecular formula is C17H22N2O7. The van der Waals surface area contributed by atoms with Gasteiger partial charge in [0.1, 0.15) is 17.9 Å². The molecule has 9 heteroatoms. The van der Waals surface area contributed by atoms with Crippen molar-refractivity contribution in [1.29, 1.82) is 0 Å². The fourth-order valence-corrected chi connectivity index (χ4v) is 2.69. The van der Waals surface area contributed by atoms with E-state index in [0.29, 0.717) is 23.8 Å². The third-order valence-corrected chi connectivity index (χ3v) is 3.95. The number of carboxylic acid groups (broad SMARTS) is 1. The number of aliphatic carboxylic acids is 1. The summed E-state index contributed by atoms with van der Waals surface area (Å²) in [5.74, 6) is -1.00. The molecule has 0 radical (unpaired) electrons. The SMILES string of the molecule is COc1ccc(NC(=O)CC(=O)N2CCOC[C@H]2CC(=O)O)c(OC)c1. The third-order valence-electron chi connectivity index (χ3n) is 3.95. The molecule has 0 saturated carbocycles. The van der Waals surface area contributed by atoms with Crippen LogP contribution in [0.3, 0.4) is 0 Å². The summed E-state index contributed by atoms with van der Waals surface area (Å²) >= 11 is 0. The summed E-state index contributed by atoms with van der Waals surface area (Å²) < 4.78 is 15.5. The zero-order chi connectivity index (χ0) is 19.1. The van der Waals surface area contributed by atoms with Crippen LogP contribution in [0.4, 0.5) is 5.69 Å². The molecule has 1 atom stereocenters. The van der Waals surface area contributed by atoms with Gasteiger partial charge < -0.3 is 29.5 Å². The monoisotopic (exact) mass is 366 g/mol. The van der Waals surface area contributed by atoms with Gasteiger partial charge in [-0.1, -0.05) is 0 Å². The van der Waals surface area contributed by atoms with Crippen LogP contribution >= 0.6 is 0 Å². The summed E-state index contributed by atoms with van der Waals surface area (Å²) in [6.45, 7) is 0.720. The Morgan fingerprint density at radius 1 is 1.31 bits per heavy atom. The highest BCUT2D eigenvalue weighted by molar-refractivity contribution is 6.04. The van der Waals surface area contributed by atoms with Crippen molar-refractivity contribution in [2.24, 2.45) is 0 Å². The molecule has 1 aliphatic rings. The van der Waals surface area contributed by atoms with E-state index < -0.39 is 30.2 Å². The maximum absolute atomic E-state index is 12.4. The van der Waals surface area contributed by atoms with Gasteiger partial charge in [-0.2, -0.15) is 0 Å². The van der Waals surface area contributed by atoms with Crippen molar-refractivity contribution in [1.82, 2.24) is 4.90 Å². The zero-order valence-electron chi connectivity index (χ0n) is 14.7. The number of methoxy groups -OCH3 is 2. The van der Waals surface area contributed by atoms with Crippen molar-refractivity contribution >= 4 is 23.5 Å². The number of hydrogen-bond acceptors (Lipinski definition) is 6. The standard InChI is InChI=1S/C17H22N2O7/c1-24-12-3-4-13(14(8-12)25-2)18-15(20)9-16(21)19-5-6-26-10-11(19)7-17(22)23/h3-4,8,11H,5-7,9-10H2,1-2H3,(H,18,20)(H,22,23)/t11-/m1/s1. The van der Waals surface area contributed by atoms with Crippen LogP contribution in [0.15, 0.2) is 18.2 Å². The Bertz CT molecular complexity index is 677. The highest BCUT2D eigenvalue weighted by Gasteiger charge is 2.30. The molecule has 0 aliphatic carbocycles. The summed E-state index contributed by atoms with van der Waals surface area (Å²) in [6, 6.07) is 4.31. The molecule has 1 heterocycles. The van der Waals surface area contributed by atoms with Crippen LogP contribution in [0, 0.1) is 0 Å². The molecule has 2 rings (SSSR count). The Balaban J connectivity index is 2.00. The van der Waals surface area contributed by atoms with Gasteiger partial charge in [-0.05, 0) is 12.1 Å². The lowest BCUT2D eigenvalue weighted by molar-refractivity contribution is -0.147. The van der Waals surface area contributed by atoms with Crippen molar-refractivity contribution in [2.75, 3.05) is 39.3 Å². The molecule has 9 nitrogen and oxygen atoms in total. The van der Waals surface area contributed by atoms with Gasteiger partial charge in [0.15, 0.2) is 0 Å². The number of amides is 2. The van der Waals surface area contributed by atoms with Gasteiger partial charge in [-0.15, -0.1) is 0 Å². The van der Waals surface area contributed by atoms with Crippen molar-refractivity contribution in [3.8, 4) is 11.5 Å². The Kier molecular flexibility index (Phi) is 6.79. The predicted octanol–water partition coefficient (Wildman–Crippen LogP) is 0.734. The van der Waals surface area contributed by atoms with Crippen LogP contribution in [0.2, 0.25) is 0 Å². The van der Waals surface area contributed by atoms with Gasteiger partial charge in [0.2, 0.25) is 11.8 Å². The molecule has 2 amide bonds. The fourth-order valence-electron chi connectivity index (χ4n) is 2.69. The highest BCUT2D eigenvalue weighted by atomic mass is 16.5. The van der Waals surface area contributed by atoms with E-state index in [2.05, 4.69) is 5.32 Å². The Labute approximate surface area is 150 Å². The van der Waals surface area contributed by atoms with E-state index in [1.165, 1.54) is 19.1 Å². The number of carboxylic acids is 1. The highest BCUT2D eigenvalue weighted by Crippen LogP contribution is 2.29. The molecule has 142 valence electrons. The number of rotatable bonds is 7. The molecule has 2 N–H and O–H groups in total. The molecule has 1 aromatic rings. The van der Waals surface area contributed by atoms with Crippen LogP contribution in [-0.2, 0) is 19.1 Å². The van der Waals surface area contributed by atoms with Crippen LogP contribution < -0.4 is 14.8 Å². The molecule has 0 bridgehead atoms. The van der Waals surface area contributed by atoms with Gasteiger partial charge >= 0.3 is 5.97 Å². The number of nitrogens with one attached hydrogen (secondary N) is 1. The van der Waals surface area contributed by atoms with E-state index in [1.54, 1.807) is 18.2 Å². The van der Waals surface area contributed by atoms with Gasteiger partial charge in [-0.25, -0.2) is 0 Å². The van der Waals surface area contributed by atoms with E-state index in [9.17, 15) is 14.4 Å². The number of nitrogens with zero attached hydrogens (tertiary/aromatic N) is 1. The maximum atomic E-state index is 12.4. The Morgan fingerprint density at radius 3 is 2.73 bits per heavy atom. The molecule has 1 fully saturated rings. The predicted molar refractivity (Wildman–Crippen MR) is 91.4 cm³/mol. The molecule has 26 heavy (non-hydrogen) atoms. The number of morpholine rings is 1. The first-order chi connectivity index (χ1) is 12.4. The first-order valence-corrected chi connectivity index (χ1v) is 8.05. The van der Waals surface area contributed by atoms with Crippen molar-refractivity contribution in [3.05, 3.63) is 18.2 Å². The van der Waals surface area contributed by atoms with Gasteiger partial charge in [0.25, 0.3) is 0 Å². The lowest BCUT2D eigenvalue weighted by atomic mass is 10.1. The summed E-state index contributed by atoms with van der Waals surface area (Å²) in [7, 11) is 2.97. The summed E-state index contributed by atoms with van der Waals surface area (Å²) in [6.07, 6.45) is -0.620. The topological polar surface area (TPSA) is 114 Å². The van der Waals surface area contributed by atoms with Gasteiger partial charge in [0, 0.05) is 12.6 Å². The minimum absolute atomic E-state index is 0.145. The lowest BCUT2D eigenvalue weighted by Gasteiger charge is -2.34. The average Bonchev–Trinajstić information content (AvgIpc) is 2.61. The molecule has 1 aliphatic heterocycles. The number of ether oxygens (including phenoxy) is 3. The van der Waals surface area contributed by atoms with Crippen LogP contribution in [-0.4, -0.2) is 67.8 Å². The number of hydrogen-bond donors (Lipinski definition) is 2. The molecule has 0 aromatic heterocycles. The maximum Gasteiger partial charge on any atom is 0.305 e. The number of carbonyl (C=O) groups excluding carboxylic acids is 2. The van der Waals surface area contributed by atoms with Crippen LogP contribution in [0.25, 0.3) is 0 Å². The van der Waals surface area contributed by atoms with Crippen LogP contribution in [0.5, 0.6) is 11.5 Å². The molecule has 0 unspecified atom stereocenters. The number of carbonyl (C=O) groups is 3. The normalized spacial score (nSPS) is 16.7. The molecule has 1 saturated heterocycles. The second kappa shape index (κ2) is 9.04. The molecule has 0 spiro atoms. The molecule has 1 aromatic carbocycles. The van der Waals surface area contributed by atoms with E-state index in [4.69, 9.17) is 19.3 Å². The fraction of sp³-hybridized carbons (Fsp3) is 0.471. The first-order valence-electron chi connectivity index (χ1n) is 8.05. The van der Waals surface area contributed by atoms with E-state index in [1.807, 2.05) is 0 Å².